The van der Waals surface area contributed by atoms with Gasteiger partial charge in [-0.15, -0.1) is 0 Å². The topological polar surface area (TPSA) is 78.9 Å². The molecule has 0 aromatic carbocycles. The van der Waals surface area contributed by atoms with E-state index in [4.69, 9.17) is 14.2 Å². The van der Waals surface area contributed by atoms with Crippen molar-refractivity contribution in [2.45, 2.75) is 252 Å². The van der Waals surface area contributed by atoms with E-state index in [2.05, 4.69) is 118 Å². The van der Waals surface area contributed by atoms with Crippen LogP contribution < -0.4 is 0 Å². The summed E-state index contributed by atoms with van der Waals surface area (Å²) < 4.78 is 16.8. The van der Waals surface area contributed by atoms with Gasteiger partial charge in [0.2, 0.25) is 0 Å². The lowest BCUT2D eigenvalue weighted by Crippen LogP contribution is -2.30. The molecule has 6 nitrogen and oxygen atoms in total. The minimum absolute atomic E-state index is 0.0993. The molecule has 0 saturated carbocycles. The van der Waals surface area contributed by atoms with Gasteiger partial charge in [-0.2, -0.15) is 0 Å². The molecule has 0 heterocycles. The van der Waals surface area contributed by atoms with Gasteiger partial charge < -0.3 is 14.2 Å². The predicted octanol–water partition coefficient (Wildman–Crippen LogP) is 18.1. The quantitative estimate of drug-likeness (QED) is 0.0199. The van der Waals surface area contributed by atoms with E-state index >= 15 is 0 Å². The molecule has 0 rings (SSSR count). The van der Waals surface area contributed by atoms with Crippen LogP contribution in [-0.4, -0.2) is 37.2 Å². The summed E-state index contributed by atoms with van der Waals surface area (Å²) in [6.07, 6.45) is 71.0. The Kier molecular flexibility index (Phi) is 50.9. The first-order valence-electron chi connectivity index (χ1n) is 27.3. The van der Waals surface area contributed by atoms with E-state index in [1.165, 1.54) is 70.6 Å². The molecule has 0 aromatic rings. The number of carbonyl (C=O) groups excluding carboxylic acids is 3. The summed E-state index contributed by atoms with van der Waals surface area (Å²) in [4.78, 5) is 38.1. The molecule has 0 aromatic heterocycles. The molecule has 0 spiro atoms. The molecule has 0 bridgehead atoms. The van der Waals surface area contributed by atoms with Crippen LogP contribution in [0.5, 0.6) is 0 Å². The van der Waals surface area contributed by atoms with Crippen LogP contribution in [-0.2, 0) is 28.6 Å². The summed E-state index contributed by atoms with van der Waals surface area (Å²) in [5.74, 6) is -0.951. The van der Waals surface area contributed by atoms with Crippen molar-refractivity contribution in [2.24, 2.45) is 0 Å². The number of ether oxygens (including phenoxy) is 3. The number of allylic oxidation sites excluding steroid dienone is 16. The fourth-order valence-electron chi connectivity index (χ4n) is 7.28. The number of esters is 3. The van der Waals surface area contributed by atoms with Crippen LogP contribution in [0.2, 0.25) is 0 Å². The molecule has 1 atom stereocenters. The predicted molar refractivity (Wildman–Crippen MR) is 284 cm³/mol. The van der Waals surface area contributed by atoms with Crippen LogP contribution in [0.1, 0.15) is 245 Å². The third-order valence-electron chi connectivity index (χ3n) is 11.3. The van der Waals surface area contributed by atoms with E-state index in [1.807, 2.05) is 0 Å². The SMILES string of the molecule is CC/C=C\C/C=C\C/C=C\CCCCCCCCC(=O)OCC(COC(=O)CCCCC/C=C\C=C/CCCCCCCCC)OC(=O)CCCCCCCC/C=C\C/C=C\C/C=C\CC. The second kappa shape index (κ2) is 53.9. The van der Waals surface area contributed by atoms with E-state index in [0.717, 1.165) is 135 Å². The van der Waals surface area contributed by atoms with Gasteiger partial charge >= 0.3 is 17.9 Å². The first-order valence-corrected chi connectivity index (χ1v) is 27.3. The third kappa shape index (κ3) is 51.3. The highest BCUT2D eigenvalue weighted by molar-refractivity contribution is 5.71. The van der Waals surface area contributed by atoms with Gasteiger partial charge in [0.15, 0.2) is 6.10 Å². The van der Waals surface area contributed by atoms with Crippen LogP contribution in [0.15, 0.2) is 97.2 Å². The lowest BCUT2D eigenvalue weighted by Gasteiger charge is -2.18. The maximum absolute atomic E-state index is 12.8. The minimum atomic E-state index is -0.802. The normalized spacial score (nSPS) is 12.8. The molecule has 6 heteroatoms. The molecule has 0 aliphatic rings. The van der Waals surface area contributed by atoms with Crippen molar-refractivity contribution in [1.29, 1.82) is 0 Å². The van der Waals surface area contributed by atoms with Gasteiger partial charge in [-0.05, 0) is 109 Å². The van der Waals surface area contributed by atoms with Crippen LogP contribution >= 0.6 is 0 Å². The number of unbranched alkanes of at least 4 members (excludes halogenated alkanes) is 22. The molecule has 0 aliphatic carbocycles. The summed E-state index contributed by atoms with van der Waals surface area (Å²) in [5, 5.41) is 0. The zero-order valence-electron chi connectivity index (χ0n) is 42.9. The van der Waals surface area contributed by atoms with Crippen molar-refractivity contribution in [3.63, 3.8) is 0 Å². The van der Waals surface area contributed by atoms with Crippen molar-refractivity contribution in [2.75, 3.05) is 13.2 Å². The Morgan fingerprint density at radius 2 is 0.636 bits per heavy atom. The van der Waals surface area contributed by atoms with Crippen LogP contribution in [0.4, 0.5) is 0 Å². The standard InChI is InChI=1S/C60H100O6/c1-4-7-10-13-16-19-22-25-28-31-34-37-40-43-46-49-52-58(61)64-55-57(66-60(63)54-51-48-45-42-39-36-33-30-27-24-21-18-15-12-9-6-3)56-65-59(62)53-50-47-44-41-38-35-32-29-26-23-20-17-14-11-8-5-2/h7,9-10,12,16,18-19,21,25,27-30,32,35,38,57H,4-6,8,11,13-15,17,20,22-24,26,31,33-34,36-37,39-56H2,1-3H3/b10-7-,12-9-,19-16-,21-18-,28-25-,30-27-,32-29-,38-35-. The number of rotatable bonds is 48. The van der Waals surface area contributed by atoms with Gasteiger partial charge in [0.1, 0.15) is 13.2 Å². The van der Waals surface area contributed by atoms with E-state index in [9.17, 15) is 14.4 Å². The second-order valence-corrected chi connectivity index (χ2v) is 17.8. The molecular formula is C60H100O6. The number of carbonyl (C=O) groups is 3. The molecule has 0 radical (unpaired) electrons. The first kappa shape index (κ1) is 62.3. The van der Waals surface area contributed by atoms with Crippen LogP contribution in [0.3, 0.4) is 0 Å². The average molecular weight is 917 g/mol. The first-order chi connectivity index (χ1) is 32.5. The summed E-state index contributed by atoms with van der Waals surface area (Å²) >= 11 is 0. The van der Waals surface area contributed by atoms with Crippen molar-refractivity contribution < 1.29 is 28.6 Å². The molecule has 0 fully saturated rings. The Morgan fingerprint density at radius 3 is 1.03 bits per heavy atom. The Hall–Kier alpha value is -3.67. The average Bonchev–Trinajstić information content (AvgIpc) is 3.31. The highest BCUT2D eigenvalue weighted by Crippen LogP contribution is 2.14. The van der Waals surface area contributed by atoms with Crippen LogP contribution in [0.25, 0.3) is 0 Å². The van der Waals surface area contributed by atoms with Crippen molar-refractivity contribution in [3.8, 4) is 0 Å². The molecule has 1 unspecified atom stereocenters. The lowest BCUT2D eigenvalue weighted by atomic mass is 10.1. The van der Waals surface area contributed by atoms with Gasteiger partial charge in [0.05, 0.1) is 0 Å². The van der Waals surface area contributed by atoms with E-state index < -0.39 is 6.10 Å². The maximum Gasteiger partial charge on any atom is 0.306 e. The Bertz CT molecular complexity index is 1330. The number of hydrogen-bond acceptors (Lipinski definition) is 6. The highest BCUT2D eigenvalue weighted by atomic mass is 16.6. The van der Waals surface area contributed by atoms with Gasteiger partial charge in [0, 0.05) is 19.3 Å². The van der Waals surface area contributed by atoms with Gasteiger partial charge in [0.25, 0.3) is 0 Å². The largest absolute Gasteiger partial charge is 0.462 e. The molecule has 376 valence electrons. The third-order valence-corrected chi connectivity index (χ3v) is 11.3. The summed E-state index contributed by atoms with van der Waals surface area (Å²) in [5.41, 5.74) is 0. The zero-order chi connectivity index (χ0) is 47.9. The fourth-order valence-corrected chi connectivity index (χ4v) is 7.28. The van der Waals surface area contributed by atoms with Crippen LogP contribution in [0, 0.1) is 0 Å². The molecule has 0 amide bonds. The molecule has 0 N–H and O–H groups in total. The Morgan fingerprint density at radius 1 is 0.333 bits per heavy atom. The zero-order valence-corrected chi connectivity index (χ0v) is 42.9. The summed E-state index contributed by atoms with van der Waals surface area (Å²) in [6.45, 7) is 6.37. The smallest absolute Gasteiger partial charge is 0.306 e. The molecule has 66 heavy (non-hydrogen) atoms. The monoisotopic (exact) mass is 917 g/mol. The molecule has 0 saturated heterocycles. The summed E-state index contributed by atoms with van der Waals surface area (Å²) in [7, 11) is 0. The van der Waals surface area contributed by atoms with E-state index in [1.54, 1.807) is 0 Å². The van der Waals surface area contributed by atoms with E-state index in [-0.39, 0.29) is 31.1 Å². The van der Waals surface area contributed by atoms with Gasteiger partial charge in [-0.1, -0.05) is 214 Å². The lowest BCUT2D eigenvalue weighted by molar-refractivity contribution is -0.167. The Balaban J connectivity index is 4.48. The van der Waals surface area contributed by atoms with Gasteiger partial charge in [-0.25, -0.2) is 0 Å². The minimum Gasteiger partial charge on any atom is -0.462 e. The fraction of sp³-hybridized carbons (Fsp3) is 0.683. The van der Waals surface area contributed by atoms with Gasteiger partial charge in [-0.3, -0.25) is 14.4 Å². The highest BCUT2D eigenvalue weighted by Gasteiger charge is 2.19. The maximum atomic E-state index is 12.8. The van der Waals surface area contributed by atoms with Crippen molar-refractivity contribution in [1.82, 2.24) is 0 Å². The van der Waals surface area contributed by atoms with Crippen molar-refractivity contribution >= 4 is 17.9 Å². The summed E-state index contributed by atoms with van der Waals surface area (Å²) in [6, 6.07) is 0. The van der Waals surface area contributed by atoms with E-state index in [0.29, 0.717) is 19.3 Å². The second-order valence-electron chi connectivity index (χ2n) is 17.8. The Labute approximate surface area is 407 Å². The molecule has 0 aliphatic heterocycles. The van der Waals surface area contributed by atoms with Crippen molar-refractivity contribution in [3.05, 3.63) is 97.2 Å². The number of hydrogen-bond donors (Lipinski definition) is 0. The molecular weight excluding hydrogens is 817 g/mol.